The van der Waals surface area contributed by atoms with Crippen molar-refractivity contribution in [3.05, 3.63) is 48.0 Å². The van der Waals surface area contributed by atoms with Crippen LogP contribution >= 0.6 is 0 Å². The molecule has 0 bridgehead atoms. The zero-order valence-electron chi connectivity index (χ0n) is 15.1. The van der Waals surface area contributed by atoms with Gasteiger partial charge in [-0.1, -0.05) is 25.1 Å². The van der Waals surface area contributed by atoms with E-state index in [1.54, 1.807) is 6.33 Å². The van der Waals surface area contributed by atoms with E-state index >= 15 is 0 Å². The number of aromatic amines is 1. The highest BCUT2D eigenvalue weighted by Gasteiger charge is 2.38. The Hall–Kier alpha value is -3.04. The standard InChI is InChI=1S/C16H19N3O2.C2HF3O2/c1-2-14-16-13(17-11-18-16)8-9-19(14)15(20)10-21-12-6-4-3-5-7-12;3-2(4,5)1(6)7/h3-7,11,14H,2,8-10H2,1H3,(H,17,18);(H,6,7). The van der Waals surface area contributed by atoms with Crippen molar-refractivity contribution < 1.29 is 32.6 Å². The summed E-state index contributed by atoms with van der Waals surface area (Å²) in [4.78, 5) is 30.7. The SMILES string of the molecule is CCC1c2nc[nH]c2CCN1C(=O)COc1ccccc1.O=C(O)C(F)(F)F. The van der Waals surface area contributed by atoms with Crippen LogP contribution in [-0.4, -0.2) is 51.2 Å². The van der Waals surface area contributed by atoms with Crippen LogP contribution in [0.1, 0.15) is 30.8 Å². The van der Waals surface area contributed by atoms with Gasteiger partial charge in [0.15, 0.2) is 6.61 Å². The van der Waals surface area contributed by atoms with E-state index in [1.165, 1.54) is 0 Å². The molecule has 0 radical (unpaired) electrons. The van der Waals surface area contributed by atoms with Gasteiger partial charge in [-0.2, -0.15) is 13.2 Å². The lowest BCUT2D eigenvalue weighted by Gasteiger charge is -2.34. The zero-order valence-corrected chi connectivity index (χ0v) is 15.1. The number of alkyl halides is 3. The zero-order chi connectivity index (χ0) is 20.7. The molecule has 1 unspecified atom stereocenters. The minimum atomic E-state index is -5.08. The highest BCUT2D eigenvalue weighted by atomic mass is 19.4. The van der Waals surface area contributed by atoms with Gasteiger partial charge in [-0.3, -0.25) is 4.79 Å². The lowest BCUT2D eigenvalue weighted by Crippen LogP contribution is -2.42. The fourth-order valence-corrected chi connectivity index (χ4v) is 2.81. The largest absolute Gasteiger partial charge is 0.490 e. The molecular formula is C18H20F3N3O4. The summed E-state index contributed by atoms with van der Waals surface area (Å²) in [7, 11) is 0. The predicted molar refractivity (Wildman–Crippen MR) is 92.7 cm³/mol. The summed E-state index contributed by atoms with van der Waals surface area (Å²) in [6.07, 6.45) is -1.69. The number of benzene rings is 1. The summed E-state index contributed by atoms with van der Waals surface area (Å²) in [6, 6.07) is 9.47. The summed E-state index contributed by atoms with van der Waals surface area (Å²) in [6.45, 7) is 2.86. The number of halogens is 3. The first-order valence-electron chi connectivity index (χ1n) is 8.53. The number of aliphatic carboxylic acids is 1. The number of carbonyl (C=O) groups excluding carboxylic acids is 1. The Balaban J connectivity index is 0.000000345. The smallest absolute Gasteiger partial charge is 0.484 e. The van der Waals surface area contributed by atoms with Crippen molar-refractivity contribution >= 4 is 11.9 Å². The first kappa shape index (κ1) is 21.3. The first-order valence-corrected chi connectivity index (χ1v) is 8.53. The number of fused-ring (bicyclic) bond motifs is 1. The molecule has 1 atom stereocenters. The van der Waals surface area contributed by atoms with Gasteiger partial charge >= 0.3 is 12.1 Å². The van der Waals surface area contributed by atoms with E-state index in [-0.39, 0.29) is 18.6 Å². The minimum absolute atomic E-state index is 0.0133. The van der Waals surface area contributed by atoms with E-state index in [0.717, 1.165) is 30.0 Å². The van der Waals surface area contributed by atoms with E-state index in [1.807, 2.05) is 35.2 Å². The van der Waals surface area contributed by atoms with Crippen LogP contribution in [0.5, 0.6) is 5.75 Å². The molecule has 1 aromatic carbocycles. The Labute approximate surface area is 159 Å². The van der Waals surface area contributed by atoms with Gasteiger partial charge in [0.1, 0.15) is 5.75 Å². The summed E-state index contributed by atoms with van der Waals surface area (Å²) < 4.78 is 37.3. The average Bonchev–Trinajstić information content (AvgIpc) is 3.14. The lowest BCUT2D eigenvalue weighted by atomic mass is 10.0. The number of amides is 1. The fraction of sp³-hybridized carbons (Fsp3) is 0.389. The number of hydrogen-bond donors (Lipinski definition) is 2. The minimum Gasteiger partial charge on any atom is -0.484 e. The number of aromatic nitrogens is 2. The molecular weight excluding hydrogens is 379 g/mol. The predicted octanol–water partition coefficient (Wildman–Crippen LogP) is 2.96. The second kappa shape index (κ2) is 9.25. The number of ether oxygens (including phenoxy) is 1. The van der Waals surface area contributed by atoms with Crippen LogP contribution in [0.3, 0.4) is 0 Å². The Morgan fingerprint density at radius 1 is 1.32 bits per heavy atom. The molecule has 1 aromatic heterocycles. The number of nitrogens with one attached hydrogen (secondary N) is 1. The molecule has 3 rings (SSSR count). The maximum atomic E-state index is 12.4. The van der Waals surface area contributed by atoms with Crippen molar-refractivity contribution in [1.29, 1.82) is 0 Å². The normalized spacial score (nSPS) is 15.9. The van der Waals surface area contributed by atoms with Crippen LogP contribution in [0.4, 0.5) is 13.2 Å². The van der Waals surface area contributed by atoms with Gasteiger partial charge in [-0.25, -0.2) is 9.78 Å². The van der Waals surface area contributed by atoms with Crippen molar-refractivity contribution in [2.75, 3.05) is 13.2 Å². The van der Waals surface area contributed by atoms with Gasteiger partial charge < -0.3 is 19.7 Å². The van der Waals surface area contributed by atoms with Crippen molar-refractivity contribution in [2.24, 2.45) is 0 Å². The van der Waals surface area contributed by atoms with Crippen LogP contribution in [-0.2, 0) is 16.0 Å². The number of H-pyrrole nitrogens is 1. The molecule has 2 N–H and O–H groups in total. The molecule has 1 aliphatic rings. The molecule has 152 valence electrons. The van der Waals surface area contributed by atoms with Gasteiger partial charge in [0, 0.05) is 18.7 Å². The van der Waals surface area contributed by atoms with Crippen LogP contribution < -0.4 is 4.74 Å². The summed E-state index contributed by atoms with van der Waals surface area (Å²) in [5.74, 6) is -2.02. The van der Waals surface area contributed by atoms with Gasteiger partial charge in [0.2, 0.25) is 0 Å². The average molecular weight is 399 g/mol. The molecule has 7 nitrogen and oxygen atoms in total. The van der Waals surface area contributed by atoms with Gasteiger partial charge in [0.25, 0.3) is 5.91 Å². The van der Waals surface area contributed by atoms with E-state index in [2.05, 4.69) is 16.9 Å². The number of rotatable bonds is 4. The summed E-state index contributed by atoms with van der Waals surface area (Å²) in [5, 5.41) is 7.12. The van der Waals surface area contributed by atoms with Crippen LogP contribution in [0.15, 0.2) is 36.7 Å². The van der Waals surface area contributed by atoms with Gasteiger partial charge in [-0.15, -0.1) is 0 Å². The number of carboxylic acids is 1. The number of para-hydroxylation sites is 1. The number of carbonyl (C=O) groups is 2. The Bertz CT molecular complexity index is 793. The van der Waals surface area contributed by atoms with Crippen LogP contribution in [0.2, 0.25) is 0 Å². The third kappa shape index (κ3) is 5.48. The molecule has 2 aromatic rings. The highest BCUT2D eigenvalue weighted by molar-refractivity contribution is 5.78. The first-order chi connectivity index (χ1) is 13.2. The van der Waals surface area contributed by atoms with Crippen LogP contribution in [0, 0.1) is 0 Å². The molecule has 0 saturated heterocycles. The molecule has 0 aliphatic carbocycles. The second-order valence-electron chi connectivity index (χ2n) is 5.93. The molecule has 28 heavy (non-hydrogen) atoms. The van der Waals surface area contributed by atoms with Crippen molar-refractivity contribution in [3.63, 3.8) is 0 Å². The molecule has 0 fully saturated rings. The lowest BCUT2D eigenvalue weighted by molar-refractivity contribution is -0.192. The van der Waals surface area contributed by atoms with E-state index < -0.39 is 12.1 Å². The number of hydrogen-bond acceptors (Lipinski definition) is 4. The maximum Gasteiger partial charge on any atom is 0.490 e. The van der Waals surface area contributed by atoms with Crippen molar-refractivity contribution in [3.8, 4) is 5.75 Å². The van der Waals surface area contributed by atoms with Crippen LogP contribution in [0.25, 0.3) is 0 Å². The van der Waals surface area contributed by atoms with E-state index in [9.17, 15) is 18.0 Å². The molecule has 10 heteroatoms. The number of carboxylic acid groups (broad SMARTS) is 1. The Kier molecular flexibility index (Phi) is 7.02. The topological polar surface area (TPSA) is 95.5 Å². The third-order valence-corrected chi connectivity index (χ3v) is 4.10. The van der Waals surface area contributed by atoms with E-state index in [0.29, 0.717) is 6.54 Å². The Morgan fingerprint density at radius 3 is 2.54 bits per heavy atom. The monoisotopic (exact) mass is 399 g/mol. The molecule has 2 heterocycles. The van der Waals surface area contributed by atoms with Gasteiger partial charge in [-0.05, 0) is 18.6 Å². The molecule has 0 saturated carbocycles. The summed E-state index contributed by atoms with van der Waals surface area (Å²) in [5.41, 5.74) is 2.15. The molecule has 1 amide bonds. The highest BCUT2D eigenvalue weighted by Crippen LogP contribution is 2.29. The second-order valence-corrected chi connectivity index (χ2v) is 5.93. The maximum absolute atomic E-state index is 12.4. The third-order valence-electron chi connectivity index (χ3n) is 4.10. The van der Waals surface area contributed by atoms with E-state index in [4.69, 9.17) is 14.6 Å². The van der Waals surface area contributed by atoms with Crippen molar-refractivity contribution in [2.45, 2.75) is 32.0 Å². The molecule has 1 aliphatic heterocycles. The number of imidazole rings is 1. The fourth-order valence-electron chi connectivity index (χ4n) is 2.81. The Morgan fingerprint density at radius 2 is 1.96 bits per heavy atom. The quantitative estimate of drug-likeness (QED) is 0.824. The summed E-state index contributed by atoms with van der Waals surface area (Å²) >= 11 is 0. The van der Waals surface area contributed by atoms with Gasteiger partial charge in [0.05, 0.1) is 18.1 Å². The number of nitrogens with zero attached hydrogens (tertiary/aromatic N) is 2. The molecule has 0 spiro atoms. The van der Waals surface area contributed by atoms with Crippen molar-refractivity contribution in [1.82, 2.24) is 14.9 Å².